The van der Waals surface area contributed by atoms with Gasteiger partial charge in [0.05, 0.1) is 6.33 Å². The standard InChI is InChI=1S/C13H21N3O2/c1-13(2)4-3-6-16(11(13)12(17)18)9-8-15-7-5-14-10-15/h5,7,10-11H,3-4,6,8-9H2,1-2H3,(H,17,18). The van der Waals surface area contributed by atoms with E-state index in [1.165, 1.54) is 0 Å². The summed E-state index contributed by atoms with van der Waals surface area (Å²) in [5.74, 6) is -0.703. The Morgan fingerprint density at radius 2 is 2.28 bits per heavy atom. The minimum Gasteiger partial charge on any atom is -0.480 e. The van der Waals surface area contributed by atoms with E-state index in [0.717, 1.165) is 32.5 Å². The second-order valence-corrected chi connectivity index (χ2v) is 5.67. The Morgan fingerprint density at radius 3 is 2.89 bits per heavy atom. The fraction of sp³-hybridized carbons (Fsp3) is 0.692. The van der Waals surface area contributed by atoms with E-state index in [2.05, 4.69) is 23.7 Å². The van der Waals surface area contributed by atoms with Gasteiger partial charge in [-0.1, -0.05) is 13.8 Å². The number of carboxylic acids is 1. The first-order valence-corrected chi connectivity index (χ1v) is 6.43. The van der Waals surface area contributed by atoms with E-state index in [4.69, 9.17) is 0 Å². The number of aromatic nitrogens is 2. The first-order chi connectivity index (χ1) is 8.50. The molecular formula is C13H21N3O2. The molecule has 1 N–H and O–H groups in total. The molecule has 0 aromatic carbocycles. The summed E-state index contributed by atoms with van der Waals surface area (Å²) < 4.78 is 1.99. The van der Waals surface area contributed by atoms with Crippen LogP contribution in [0, 0.1) is 5.41 Å². The highest BCUT2D eigenvalue weighted by molar-refractivity contribution is 5.74. The first kappa shape index (κ1) is 13.1. The van der Waals surface area contributed by atoms with Crippen LogP contribution in [0.4, 0.5) is 0 Å². The maximum absolute atomic E-state index is 11.5. The van der Waals surface area contributed by atoms with Gasteiger partial charge < -0.3 is 9.67 Å². The highest BCUT2D eigenvalue weighted by Gasteiger charge is 2.42. The molecule has 1 aliphatic rings. The third kappa shape index (κ3) is 2.72. The largest absolute Gasteiger partial charge is 0.480 e. The Labute approximate surface area is 107 Å². The number of piperidine rings is 1. The van der Waals surface area contributed by atoms with Gasteiger partial charge in [-0.3, -0.25) is 9.69 Å². The number of likely N-dealkylation sites (tertiary alicyclic amines) is 1. The van der Waals surface area contributed by atoms with E-state index in [0.29, 0.717) is 0 Å². The van der Waals surface area contributed by atoms with Gasteiger partial charge in [-0.05, 0) is 24.8 Å². The molecule has 100 valence electrons. The first-order valence-electron chi connectivity index (χ1n) is 6.43. The average molecular weight is 251 g/mol. The van der Waals surface area contributed by atoms with Crippen molar-refractivity contribution in [3.8, 4) is 0 Å². The SMILES string of the molecule is CC1(C)CCCN(CCn2ccnc2)C1C(=O)O. The highest BCUT2D eigenvalue weighted by atomic mass is 16.4. The summed E-state index contributed by atoms with van der Waals surface area (Å²) in [4.78, 5) is 17.6. The summed E-state index contributed by atoms with van der Waals surface area (Å²) in [6.07, 6.45) is 7.47. The number of rotatable bonds is 4. The molecule has 1 fully saturated rings. The van der Waals surface area contributed by atoms with Crippen LogP contribution in [0.3, 0.4) is 0 Å². The van der Waals surface area contributed by atoms with Gasteiger partial charge in [-0.25, -0.2) is 4.98 Å². The Bertz CT molecular complexity index is 400. The van der Waals surface area contributed by atoms with Crippen LogP contribution in [-0.2, 0) is 11.3 Å². The van der Waals surface area contributed by atoms with Gasteiger partial charge in [0.2, 0.25) is 0 Å². The molecule has 2 rings (SSSR count). The normalized spacial score (nSPS) is 24.0. The van der Waals surface area contributed by atoms with Crippen molar-refractivity contribution in [1.29, 1.82) is 0 Å². The van der Waals surface area contributed by atoms with Crippen molar-refractivity contribution >= 4 is 5.97 Å². The summed E-state index contributed by atoms with van der Waals surface area (Å²) in [5.41, 5.74) is -0.154. The van der Waals surface area contributed by atoms with E-state index >= 15 is 0 Å². The molecule has 1 saturated heterocycles. The molecule has 0 spiro atoms. The maximum Gasteiger partial charge on any atom is 0.321 e. The predicted molar refractivity (Wildman–Crippen MR) is 68.2 cm³/mol. The van der Waals surface area contributed by atoms with Crippen molar-refractivity contribution in [2.45, 2.75) is 39.3 Å². The van der Waals surface area contributed by atoms with Crippen molar-refractivity contribution in [3.05, 3.63) is 18.7 Å². The van der Waals surface area contributed by atoms with Crippen LogP contribution in [0.2, 0.25) is 0 Å². The Balaban J connectivity index is 2.03. The second-order valence-electron chi connectivity index (χ2n) is 5.67. The molecule has 0 radical (unpaired) electrons. The van der Waals surface area contributed by atoms with Crippen LogP contribution in [0.1, 0.15) is 26.7 Å². The van der Waals surface area contributed by atoms with Crippen molar-refractivity contribution in [1.82, 2.24) is 14.5 Å². The summed E-state index contributed by atoms with van der Waals surface area (Å²) in [6, 6.07) is -0.380. The monoisotopic (exact) mass is 251 g/mol. The zero-order valence-corrected chi connectivity index (χ0v) is 11.0. The van der Waals surface area contributed by atoms with E-state index in [1.54, 1.807) is 12.5 Å². The lowest BCUT2D eigenvalue weighted by molar-refractivity contribution is -0.150. The molecule has 1 unspecified atom stereocenters. The summed E-state index contributed by atoms with van der Waals surface area (Å²) in [7, 11) is 0. The maximum atomic E-state index is 11.5. The van der Waals surface area contributed by atoms with Gasteiger partial charge in [0.1, 0.15) is 6.04 Å². The van der Waals surface area contributed by atoms with Crippen LogP contribution in [-0.4, -0.2) is 44.7 Å². The number of imidazole rings is 1. The molecule has 0 amide bonds. The van der Waals surface area contributed by atoms with Crippen LogP contribution < -0.4 is 0 Å². The minimum absolute atomic E-state index is 0.154. The van der Waals surface area contributed by atoms with E-state index in [9.17, 15) is 9.90 Å². The lowest BCUT2D eigenvalue weighted by atomic mass is 9.76. The summed E-state index contributed by atoms with van der Waals surface area (Å²) >= 11 is 0. The molecule has 1 atom stereocenters. The van der Waals surface area contributed by atoms with Crippen molar-refractivity contribution < 1.29 is 9.90 Å². The summed E-state index contributed by atoms with van der Waals surface area (Å²) in [6.45, 7) is 6.52. The molecule has 0 bridgehead atoms. The number of carbonyl (C=O) groups is 1. The zero-order chi connectivity index (χ0) is 13.2. The zero-order valence-electron chi connectivity index (χ0n) is 11.0. The lowest BCUT2D eigenvalue weighted by Crippen LogP contribution is -2.54. The van der Waals surface area contributed by atoms with Gasteiger partial charge in [0, 0.05) is 25.5 Å². The summed E-state index contributed by atoms with van der Waals surface area (Å²) in [5, 5.41) is 9.44. The minimum atomic E-state index is -0.703. The molecule has 0 saturated carbocycles. The number of aliphatic carboxylic acids is 1. The van der Waals surface area contributed by atoms with Crippen molar-refractivity contribution in [2.75, 3.05) is 13.1 Å². The number of hydrogen-bond acceptors (Lipinski definition) is 3. The molecule has 5 nitrogen and oxygen atoms in total. The molecule has 0 aliphatic carbocycles. The van der Waals surface area contributed by atoms with Gasteiger partial charge in [0.15, 0.2) is 0 Å². The molecule has 1 aliphatic heterocycles. The van der Waals surface area contributed by atoms with Gasteiger partial charge in [-0.2, -0.15) is 0 Å². The van der Waals surface area contributed by atoms with Crippen LogP contribution >= 0.6 is 0 Å². The van der Waals surface area contributed by atoms with E-state index in [-0.39, 0.29) is 11.5 Å². The lowest BCUT2D eigenvalue weighted by Gasteiger charge is -2.44. The van der Waals surface area contributed by atoms with Crippen LogP contribution in [0.5, 0.6) is 0 Å². The molecule has 18 heavy (non-hydrogen) atoms. The van der Waals surface area contributed by atoms with Gasteiger partial charge in [-0.15, -0.1) is 0 Å². The molecule has 1 aromatic heterocycles. The smallest absolute Gasteiger partial charge is 0.321 e. The molecule has 5 heteroatoms. The average Bonchev–Trinajstić information content (AvgIpc) is 2.77. The molecular weight excluding hydrogens is 230 g/mol. The fourth-order valence-electron chi connectivity index (χ4n) is 2.89. The van der Waals surface area contributed by atoms with E-state index < -0.39 is 5.97 Å². The fourth-order valence-corrected chi connectivity index (χ4v) is 2.89. The van der Waals surface area contributed by atoms with Gasteiger partial charge in [0.25, 0.3) is 0 Å². The van der Waals surface area contributed by atoms with Crippen molar-refractivity contribution in [2.24, 2.45) is 5.41 Å². The Kier molecular flexibility index (Phi) is 3.71. The van der Waals surface area contributed by atoms with Crippen molar-refractivity contribution in [3.63, 3.8) is 0 Å². The second kappa shape index (κ2) is 5.10. The number of nitrogens with zero attached hydrogens (tertiary/aromatic N) is 3. The van der Waals surface area contributed by atoms with Crippen LogP contribution in [0.15, 0.2) is 18.7 Å². The molecule has 1 aromatic rings. The van der Waals surface area contributed by atoms with Crippen LogP contribution in [0.25, 0.3) is 0 Å². The number of carboxylic acid groups (broad SMARTS) is 1. The number of hydrogen-bond donors (Lipinski definition) is 1. The molecule has 2 heterocycles. The quantitative estimate of drug-likeness (QED) is 0.880. The Morgan fingerprint density at radius 1 is 1.50 bits per heavy atom. The highest BCUT2D eigenvalue weighted by Crippen LogP contribution is 2.35. The van der Waals surface area contributed by atoms with Gasteiger partial charge >= 0.3 is 5.97 Å². The Hall–Kier alpha value is -1.36. The van der Waals surface area contributed by atoms with E-state index in [1.807, 2.05) is 10.8 Å². The third-order valence-corrected chi connectivity index (χ3v) is 3.81. The third-order valence-electron chi connectivity index (χ3n) is 3.81. The predicted octanol–water partition coefficient (Wildman–Crippen LogP) is 1.46. The topological polar surface area (TPSA) is 58.4 Å².